The second kappa shape index (κ2) is 6.49. The molecule has 4 rings (SSSR count). The van der Waals surface area contributed by atoms with Crippen LogP contribution in [0.25, 0.3) is 22.5 Å². The molecule has 1 fully saturated rings. The first-order chi connectivity index (χ1) is 11.8. The SMILES string of the molecule is O=c1[nH]c(-c2ccccc2)c(-c2ccccc2)n1C1CCNCC1. The van der Waals surface area contributed by atoms with Crippen LogP contribution in [0.2, 0.25) is 0 Å². The van der Waals surface area contributed by atoms with Crippen molar-refractivity contribution in [1.29, 1.82) is 0 Å². The number of imidazole rings is 1. The second-order valence-electron chi connectivity index (χ2n) is 6.24. The van der Waals surface area contributed by atoms with Crippen molar-refractivity contribution in [2.75, 3.05) is 13.1 Å². The van der Waals surface area contributed by atoms with Gasteiger partial charge in [-0.2, -0.15) is 0 Å². The Hall–Kier alpha value is -2.59. The topological polar surface area (TPSA) is 49.8 Å². The number of nitrogens with zero attached hydrogens (tertiary/aromatic N) is 1. The van der Waals surface area contributed by atoms with E-state index in [-0.39, 0.29) is 11.7 Å². The number of rotatable bonds is 3. The number of H-pyrrole nitrogens is 1. The summed E-state index contributed by atoms with van der Waals surface area (Å²) in [5.41, 5.74) is 4.01. The minimum Gasteiger partial charge on any atom is -0.317 e. The molecular formula is C20H21N3O. The molecule has 24 heavy (non-hydrogen) atoms. The minimum atomic E-state index is -0.0143. The number of hydrogen-bond acceptors (Lipinski definition) is 2. The molecule has 4 heteroatoms. The molecule has 0 bridgehead atoms. The van der Waals surface area contributed by atoms with Crippen molar-refractivity contribution in [2.24, 2.45) is 0 Å². The number of benzene rings is 2. The summed E-state index contributed by atoms with van der Waals surface area (Å²) < 4.78 is 1.97. The molecule has 1 aliphatic rings. The van der Waals surface area contributed by atoms with Crippen LogP contribution in [0.3, 0.4) is 0 Å². The standard InChI is InChI=1S/C20H21N3O/c24-20-22-18(15-7-3-1-4-8-15)19(16-9-5-2-6-10-16)23(20)17-11-13-21-14-12-17/h1-10,17,21H,11-14H2,(H,22,24). The molecule has 0 aliphatic carbocycles. The maximum absolute atomic E-state index is 12.8. The van der Waals surface area contributed by atoms with Crippen LogP contribution in [-0.2, 0) is 0 Å². The Labute approximate surface area is 141 Å². The van der Waals surface area contributed by atoms with Crippen molar-refractivity contribution in [3.8, 4) is 22.5 Å². The zero-order valence-electron chi connectivity index (χ0n) is 13.5. The first-order valence-electron chi connectivity index (χ1n) is 8.50. The summed E-state index contributed by atoms with van der Waals surface area (Å²) in [6.07, 6.45) is 1.96. The van der Waals surface area contributed by atoms with E-state index < -0.39 is 0 Å². The van der Waals surface area contributed by atoms with E-state index >= 15 is 0 Å². The molecular weight excluding hydrogens is 298 g/mol. The molecule has 2 heterocycles. The van der Waals surface area contributed by atoms with Crippen molar-refractivity contribution < 1.29 is 0 Å². The van der Waals surface area contributed by atoms with Crippen LogP contribution < -0.4 is 11.0 Å². The van der Waals surface area contributed by atoms with E-state index in [2.05, 4.69) is 22.4 Å². The van der Waals surface area contributed by atoms with Gasteiger partial charge in [-0.05, 0) is 25.9 Å². The van der Waals surface area contributed by atoms with Gasteiger partial charge in [0.1, 0.15) is 0 Å². The summed E-state index contributed by atoms with van der Waals surface area (Å²) in [6.45, 7) is 1.91. The van der Waals surface area contributed by atoms with Crippen LogP contribution in [0.1, 0.15) is 18.9 Å². The van der Waals surface area contributed by atoms with Crippen LogP contribution in [0.5, 0.6) is 0 Å². The lowest BCUT2D eigenvalue weighted by Gasteiger charge is -2.25. The molecule has 1 aromatic heterocycles. The summed E-state index contributed by atoms with van der Waals surface area (Å²) in [6, 6.07) is 20.5. The Kier molecular flexibility index (Phi) is 4.05. The van der Waals surface area contributed by atoms with Gasteiger partial charge >= 0.3 is 5.69 Å². The van der Waals surface area contributed by atoms with Gasteiger partial charge in [-0.1, -0.05) is 60.7 Å². The van der Waals surface area contributed by atoms with Gasteiger partial charge in [0.2, 0.25) is 0 Å². The summed E-state index contributed by atoms with van der Waals surface area (Å²) in [4.78, 5) is 15.9. The van der Waals surface area contributed by atoms with Crippen molar-refractivity contribution in [2.45, 2.75) is 18.9 Å². The fourth-order valence-electron chi connectivity index (χ4n) is 3.55. The zero-order valence-corrected chi connectivity index (χ0v) is 13.5. The lowest BCUT2D eigenvalue weighted by Crippen LogP contribution is -2.33. The van der Waals surface area contributed by atoms with E-state index in [4.69, 9.17) is 0 Å². The summed E-state index contributed by atoms with van der Waals surface area (Å²) >= 11 is 0. The fourth-order valence-corrected chi connectivity index (χ4v) is 3.55. The number of aromatic nitrogens is 2. The maximum Gasteiger partial charge on any atom is 0.326 e. The first-order valence-corrected chi connectivity index (χ1v) is 8.50. The zero-order chi connectivity index (χ0) is 16.4. The van der Waals surface area contributed by atoms with E-state index in [1.54, 1.807) is 0 Å². The second-order valence-corrected chi connectivity index (χ2v) is 6.24. The van der Waals surface area contributed by atoms with Gasteiger partial charge < -0.3 is 10.3 Å². The molecule has 0 unspecified atom stereocenters. The van der Waals surface area contributed by atoms with Gasteiger partial charge in [-0.15, -0.1) is 0 Å². The fraction of sp³-hybridized carbons (Fsp3) is 0.250. The van der Waals surface area contributed by atoms with Crippen LogP contribution in [0, 0.1) is 0 Å². The monoisotopic (exact) mass is 319 g/mol. The molecule has 0 spiro atoms. The highest BCUT2D eigenvalue weighted by molar-refractivity contribution is 5.78. The lowest BCUT2D eigenvalue weighted by atomic mass is 10.0. The molecule has 122 valence electrons. The van der Waals surface area contributed by atoms with E-state index in [9.17, 15) is 4.79 Å². The number of hydrogen-bond donors (Lipinski definition) is 2. The van der Waals surface area contributed by atoms with Gasteiger partial charge in [-0.3, -0.25) is 4.57 Å². The molecule has 0 radical (unpaired) electrons. The van der Waals surface area contributed by atoms with Gasteiger partial charge in [0.15, 0.2) is 0 Å². The van der Waals surface area contributed by atoms with Gasteiger partial charge in [-0.25, -0.2) is 4.79 Å². The largest absolute Gasteiger partial charge is 0.326 e. The third-order valence-electron chi connectivity index (χ3n) is 4.71. The number of nitrogens with one attached hydrogen (secondary N) is 2. The minimum absolute atomic E-state index is 0.0143. The molecule has 4 nitrogen and oxygen atoms in total. The summed E-state index contributed by atoms with van der Waals surface area (Å²) in [5, 5.41) is 3.38. The maximum atomic E-state index is 12.8. The van der Waals surface area contributed by atoms with Gasteiger partial charge in [0, 0.05) is 17.2 Å². The quantitative estimate of drug-likeness (QED) is 0.777. The average Bonchev–Trinajstić information content (AvgIpc) is 3.01. The highest BCUT2D eigenvalue weighted by atomic mass is 16.1. The molecule has 0 saturated carbocycles. The Morgan fingerprint density at radius 1 is 0.833 bits per heavy atom. The summed E-state index contributed by atoms with van der Waals surface area (Å²) in [5.74, 6) is 0. The number of piperidine rings is 1. The van der Waals surface area contributed by atoms with Crippen LogP contribution in [-0.4, -0.2) is 22.6 Å². The Balaban J connectivity index is 1.93. The van der Waals surface area contributed by atoms with Crippen molar-refractivity contribution >= 4 is 0 Å². The number of aromatic amines is 1. The Morgan fingerprint density at radius 3 is 2.04 bits per heavy atom. The molecule has 1 saturated heterocycles. The molecule has 1 aliphatic heterocycles. The van der Waals surface area contributed by atoms with Crippen molar-refractivity contribution in [3.63, 3.8) is 0 Å². The molecule has 2 N–H and O–H groups in total. The molecule has 0 amide bonds. The smallest absolute Gasteiger partial charge is 0.317 e. The Bertz CT molecular complexity index is 859. The van der Waals surface area contributed by atoms with Gasteiger partial charge in [0.25, 0.3) is 0 Å². The van der Waals surface area contributed by atoms with Gasteiger partial charge in [0.05, 0.1) is 11.4 Å². The highest BCUT2D eigenvalue weighted by Gasteiger charge is 2.24. The van der Waals surface area contributed by atoms with E-state index in [1.807, 2.05) is 53.1 Å². The molecule has 2 aromatic carbocycles. The molecule has 0 atom stereocenters. The molecule has 3 aromatic rings. The summed E-state index contributed by atoms with van der Waals surface area (Å²) in [7, 11) is 0. The van der Waals surface area contributed by atoms with Crippen molar-refractivity contribution in [1.82, 2.24) is 14.9 Å². The third-order valence-corrected chi connectivity index (χ3v) is 4.71. The normalized spacial score (nSPS) is 15.5. The lowest BCUT2D eigenvalue weighted by molar-refractivity contribution is 0.364. The van der Waals surface area contributed by atoms with E-state index in [0.717, 1.165) is 48.4 Å². The van der Waals surface area contributed by atoms with Crippen LogP contribution in [0.4, 0.5) is 0 Å². The third kappa shape index (κ3) is 2.69. The van der Waals surface area contributed by atoms with E-state index in [1.165, 1.54) is 0 Å². The predicted molar refractivity (Wildman–Crippen MR) is 97.1 cm³/mol. The predicted octanol–water partition coefficient (Wildman–Crippen LogP) is 3.43. The average molecular weight is 319 g/mol. The van der Waals surface area contributed by atoms with Crippen LogP contribution >= 0.6 is 0 Å². The first kappa shape index (κ1) is 15.0. The van der Waals surface area contributed by atoms with Crippen LogP contribution in [0.15, 0.2) is 65.5 Å². The Morgan fingerprint density at radius 2 is 1.42 bits per heavy atom. The van der Waals surface area contributed by atoms with Crippen molar-refractivity contribution in [3.05, 3.63) is 71.1 Å². The van der Waals surface area contributed by atoms with E-state index in [0.29, 0.717) is 0 Å². The highest BCUT2D eigenvalue weighted by Crippen LogP contribution is 2.33.